The number of hydrogen-bond donors (Lipinski definition) is 3. The van der Waals surface area contributed by atoms with Crippen LogP contribution in [0.4, 0.5) is 10.5 Å². The fourth-order valence-electron chi connectivity index (χ4n) is 3.81. The standard InChI is InChI=1S/C21H26N4O6/c1-24(21(30)31)12-5-3-2-4-11-22-14-8-6-7-13-17(14)20(29)25(19(13)28)15-9-10-16(26)23-18(15)27/h6-8,15,22H,2-5,9-12H2,1H3,(H,30,31)(H,23,26,27). The zero-order valence-corrected chi connectivity index (χ0v) is 17.3. The maximum Gasteiger partial charge on any atom is 0.407 e. The zero-order valence-electron chi connectivity index (χ0n) is 17.3. The molecule has 2 heterocycles. The van der Waals surface area contributed by atoms with Gasteiger partial charge in [-0.05, 0) is 31.4 Å². The van der Waals surface area contributed by atoms with Crippen LogP contribution >= 0.6 is 0 Å². The summed E-state index contributed by atoms with van der Waals surface area (Å²) in [5.41, 5.74) is 1.04. The van der Waals surface area contributed by atoms with Crippen molar-refractivity contribution >= 4 is 35.4 Å². The van der Waals surface area contributed by atoms with E-state index in [2.05, 4.69) is 10.6 Å². The van der Waals surface area contributed by atoms with Crippen molar-refractivity contribution in [3.05, 3.63) is 29.3 Å². The Bertz CT molecular complexity index is 915. The molecule has 2 aliphatic heterocycles. The van der Waals surface area contributed by atoms with Crippen LogP contribution in [0.3, 0.4) is 0 Å². The summed E-state index contributed by atoms with van der Waals surface area (Å²) in [6, 6.07) is 3.98. The first-order valence-electron chi connectivity index (χ1n) is 10.3. The maximum atomic E-state index is 13.0. The SMILES string of the molecule is CN(CCCCCCNc1cccc2c1C(=O)N(C1CCC(=O)NC1=O)C2=O)C(=O)O. The van der Waals surface area contributed by atoms with Crippen molar-refractivity contribution in [3.8, 4) is 0 Å². The normalized spacial score (nSPS) is 18.1. The van der Waals surface area contributed by atoms with Gasteiger partial charge in [0.25, 0.3) is 11.8 Å². The first kappa shape index (κ1) is 22.3. The zero-order chi connectivity index (χ0) is 22.5. The van der Waals surface area contributed by atoms with E-state index in [-0.39, 0.29) is 24.0 Å². The molecule has 0 radical (unpaired) electrons. The number of carbonyl (C=O) groups excluding carboxylic acids is 4. The van der Waals surface area contributed by atoms with Gasteiger partial charge in [0.05, 0.1) is 11.1 Å². The summed E-state index contributed by atoms with van der Waals surface area (Å²) in [5.74, 6) is -2.10. The predicted octanol–water partition coefficient (Wildman–Crippen LogP) is 1.67. The highest BCUT2D eigenvalue weighted by molar-refractivity contribution is 6.25. The quantitative estimate of drug-likeness (QED) is 0.400. The highest BCUT2D eigenvalue weighted by Crippen LogP contribution is 2.32. The van der Waals surface area contributed by atoms with Crippen molar-refractivity contribution in [2.45, 2.75) is 44.6 Å². The Morgan fingerprint density at radius 2 is 1.90 bits per heavy atom. The molecule has 10 heteroatoms. The number of imide groups is 2. The van der Waals surface area contributed by atoms with E-state index in [1.54, 1.807) is 18.2 Å². The smallest absolute Gasteiger partial charge is 0.407 e. The minimum Gasteiger partial charge on any atom is -0.465 e. The number of benzene rings is 1. The van der Waals surface area contributed by atoms with E-state index < -0.39 is 35.8 Å². The van der Waals surface area contributed by atoms with Gasteiger partial charge in [0.1, 0.15) is 6.04 Å². The van der Waals surface area contributed by atoms with Gasteiger partial charge in [-0.3, -0.25) is 29.4 Å². The Morgan fingerprint density at radius 1 is 1.16 bits per heavy atom. The second kappa shape index (κ2) is 9.59. The lowest BCUT2D eigenvalue weighted by molar-refractivity contribution is -0.136. The predicted molar refractivity (Wildman–Crippen MR) is 111 cm³/mol. The van der Waals surface area contributed by atoms with Crippen LogP contribution in [-0.4, -0.2) is 70.8 Å². The Balaban J connectivity index is 1.56. The van der Waals surface area contributed by atoms with E-state index in [9.17, 15) is 24.0 Å². The van der Waals surface area contributed by atoms with Gasteiger partial charge < -0.3 is 15.3 Å². The number of nitrogens with one attached hydrogen (secondary N) is 2. The molecule has 1 unspecified atom stereocenters. The lowest BCUT2D eigenvalue weighted by Gasteiger charge is -2.27. The van der Waals surface area contributed by atoms with Crippen molar-refractivity contribution in [2.24, 2.45) is 0 Å². The molecule has 0 aliphatic carbocycles. The molecule has 2 aliphatic rings. The Labute approximate surface area is 179 Å². The number of anilines is 1. The van der Waals surface area contributed by atoms with E-state index >= 15 is 0 Å². The van der Waals surface area contributed by atoms with Gasteiger partial charge in [0.2, 0.25) is 11.8 Å². The molecule has 1 saturated heterocycles. The van der Waals surface area contributed by atoms with Gasteiger partial charge >= 0.3 is 6.09 Å². The van der Waals surface area contributed by atoms with Gasteiger partial charge in [-0.2, -0.15) is 0 Å². The number of hydrogen-bond acceptors (Lipinski definition) is 6. The van der Waals surface area contributed by atoms with Crippen LogP contribution in [0.15, 0.2) is 18.2 Å². The lowest BCUT2D eigenvalue weighted by Crippen LogP contribution is -2.54. The Hall–Kier alpha value is -3.43. The van der Waals surface area contributed by atoms with Crippen LogP contribution in [0.1, 0.15) is 59.2 Å². The van der Waals surface area contributed by atoms with Crippen LogP contribution in [-0.2, 0) is 9.59 Å². The Kier molecular flexibility index (Phi) is 6.88. The summed E-state index contributed by atoms with van der Waals surface area (Å²) in [6.45, 7) is 1.08. The van der Waals surface area contributed by atoms with Crippen LogP contribution in [0.25, 0.3) is 0 Å². The number of amides is 5. The van der Waals surface area contributed by atoms with Gasteiger partial charge in [-0.25, -0.2) is 4.79 Å². The van der Waals surface area contributed by atoms with Gasteiger partial charge in [-0.15, -0.1) is 0 Å². The number of fused-ring (bicyclic) bond motifs is 1. The second-order valence-electron chi connectivity index (χ2n) is 7.72. The average Bonchev–Trinajstić information content (AvgIpc) is 2.98. The number of carbonyl (C=O) groups is 5. The van der Waals surface area contributed by atoms with Crippen molar-refractivity contribution in [1.82, 2.24) is 15.1 Å². The summed E-state index contributed by atoms with van der Waals surface area (Å²) in [7, 11) is 1.54. The average molecular weight is 430 g/mol. The summed E-state index contributed by atoms with van der Waals surface area (Å²) in [6.07, 6.45) is 2.63. The van der Waals surface area contributed by atoms with Crippen LogP contribution in [0.2, 0.25) is 0 Å². The summed E-state index contributed by atoms with van der Waals surface area (Å²) in [5, 5.41) is 14.2. The van der Waals surface area contributed by atoms with Crippen molar-refractivity contribution in [1.29, 1.82) is 0 Å². The molecule has 10 nitrogen and oxygen atoms in total. The van der Waals surface area contributed by atoms with Crippen molar-refractivity contribution in [2.75, 3.05) is 25.5 Å². The monoisotopic (exact) mass is 430 g/mol. The minimum absolute atomic E-state index is 0.0805. The molecule has 3 rings (SSSR count). The molecule has 31 heavy (non-hydrogen) atoms. The molecule has 0 saturated carbocycles. The maximum absolute atomic E-state index is 13.0. The van der Waals surface area contributed by atoms with Gasteiger partial charge in [0, 0.05) is 32.2 Å². The molecule has 3 N–H and O–H groups in total. The van der Waals surface area contributed by atoms with Crippen LogP contribution < -0.4 is 10.6 Å². The number of carboxylic acid groups (broad SMARTS) is 1. The topological polar surface area (TPSA) is 136 Å². The molecule has 1 aromatic rings. The molecule has 1 atom stereocenters. The molecule has 5 amide bonds. The molecular weight excluding hydrogens is 404 g/mol. The second-order valence-corrected chi connectivity index (χ2v) is 7.72. The minimum atomic E-state index is -0.984. The van der Waals surface area contributed by atoms with E-state index in [4.69, 9.17) is 5.11 Å². The van der Waals surface area contributed by atoms with Gasteiger partial charge in [-0.1, -0.05) is 18.9 Å². The summed E-state index contributed by atoms with van der Waals surface area (Å²) >= 11 is 0. The van der Waals surface area contributed by atoms with Crippen molar-refractivity contribution < 1.29 is 29.1 Å². The van der Waals surface area contributed by atoms with Gasteiger partial charge in [0.15, 0.2) is 0 Å². The van der Waals surface area contributed by atoms with E-state index in [1.165, 1.54) is 11.9 Å². The summed E-state index contributed by atoms with van der Waals surface area (Å²) < 4.78 is 0. The largest absolute Gasteiger partial charge is 0.465 e. The fourth-order valence-corrected chi connectivity index (χ4v) is 3.81. The third-order valence-corrected chi connectivity index (χ3v) is 5.53. The number of rotatable bonds is 9. The lowest BCUT2D eigenvalue weighted by atomic mass is 10.0. The summed E-state index contributed by atoms with van der Waals surface area (Å²) in [4.78, 5) is 62.3. The first-order valence-corrected chi connectivity index (χ1v) is 10.3. The van der Waals surface area contributed by atoms with Crippen molar-refractivity contribution in [3.63, 3.8) is 0 Å². The molecular formula is C21H26N4O6. The molecule has 0 spiro atoms. The van der Waals surface area contributed by atoms with Crippen LogP contribution in [0, 0.1) is 0 Å². The number of nitrogens with zero attached hydrogens (tertiary/aromatic N) is 2. The number of piperidine rings is 1. The molecule has 0 bridgehead atoms. The molecule has 1 fully saturated rings. The third-order valence-electron chi connectivity index (χ3n) is 5.53. The molecule has 166 valence electrons. The highest BCUT2D eigenvalue weighted by atomic mass is 16.4. The van der Waals surface area contributed by atoms with E-state index in [0.29, 0.717) is 18.8 Å². The fraction of sp³-hybridized carbons (Fsp3) is 0.476. The molecule has 1 aromatic carbocycles. The van der Waals surface area contributed by atoms with E-state index in [1.807, 2.05) is 0 Å². The highest BCUT2D eigenvalue weighted by Gasteiger charge is 2.45. The number of unbranched alkanes of at least 4 members (excludes halogenated alkanes) is 3. The first-order chi connectivity index (χ1) is 14.8. The van der Waals surface area contributed by atoms with E-state index in [0.717, 1.165) is 30.6 Å². The molecule has 0 aromatic heterocycles. The van der Waals surface area contributed by atoms with Crippen LogP contribution in [0.5, 0.6) is 0 Å². The third kappa shape index (κ3) is 4.84. The Morgan fingerprint density at radius 3 is 2.61 bits per heavy atom.